The number of anilines is 1. The summed E-state index contributed by atoms with van der Waals surface area (Å²) in [6, 6.07) is 13.2. The van der Waals surface area contributed by atoms with Crippen molar-refractivity contribution in [1.29, 1.82) is 0 Å². The van der Waals surface area contributed by atoms with E-state index in [-0.39, 0.29) is 5.91 Å². The van der Waals surface area contributed by atoms with Crippen LogP contribution in [0, 0.1) is 0 Å². The summed E-state index contributed by atoms with van der Waals surface area (Å²) in [6.07, 6.45) is 1.09. The third-order valence-electron chi connectivity index (χ3n) is 3.97. The fraction of sp³-hybridized carbons (Fsp3) is 0.350. The Balaban J connectivity index is 1.98. The molecular weight excluding hydrogens is 432 g/mol. The summed E-state index contributed by atoms with van der Waals surface area (Å²) in [4.78, 5) is 13.6. The van der Waals surface area contributed by atoms with Gasteiger partial charge >= 0.3 is 0 Å². The molecule has 0 saturated carbocycles. The number of nitrogens with one attached hydrogen (secondary N) is 1. The Hall–Kier alpha value is -1.90. The molecule has 0 aromatic heterocycles. The van der Waals surface area contributed by atoms with Gasteiger partial charge in [-0.25, -0.2) is 8.42 Å². The molecule has 2 aromatic carbocycles. The van der Waals surface area contributed by atoms with Gasteiger partial charge in [0.2, 0.25) is 15.9 Å². The van der Waals surface area contributed by atoms with Crippen LogP contribution >= 0.6 is 23.4 Å². The molecule has 0 spiro atoms. The van der Waals surface area contributed by atoms with Crippen molar-refractivity contribution in [3.8, 4) is 5.75 Å². The van der Waals surface area contributed by atoms with Gasteiger partial charge in [0.15, 0.2) is 0 Å². The summed E-state index contributed by atoms with van der Waals surface area (Å²) >= 11 is 7.44. The van der Waals surface area contributed by atoms with Crippen molar-refractivity contribution in [2.45, 2.75) is 24.8 Å². The van der Waals surface area contributed by atoms with Crippen LogP contribution in [0.25, 0.3) is 0 Å². The van der Waals surface area contributed by atoms with Gasteiger partial charge in [0, 0.05) is 22.2 Å². The van der Waals surface area contributed by atoms with Crippen LogP contribution in [-0.2, 0) is 14.8 Å². The largest absolute Gasteiger partial charge is 0.494 e. The molecule has 2 aromatic rings. The Bertz CT molecular complexity index is 903. The summed E-state index contributed by atoms with van der Waals surface area (Å²) in [5, 5.41) is 3.47. The molecule has 0 unspecified atom stereocenters. The van der Waals surface area contributed by atoms with E-state index < -0.39 is 16.1 Å². The van der Waals surface area contributed by atoms with Gasteiger partial charge in [0.05, 0.1) is 18.6 Å². The maximum absolute atomic E-state index is 12.6. The van der Waals surface area contributed by atoms with E-state index in [1.807, 2.05) is 31.2 Å². The number of benzene rings is 2. The zero-order valence-corrected chi connectivity index (χ0v) is 19.0. The number of halogens is 1. The minimum atomic E-state index is -3.65. The Labute approximate surface area is 181 Å². The maximum atomic E-state index is 12.6. The molecule has 1 atom stereocenters. The number of carbonyl (C=O) groups excluding carboxylic acids is 1. The first-order chi connectivity index (χ1) is 13.7. The van der Waals surface area contributed by atoms with Crippen molar-refractivity contribution < 1.29 is 17.9 Å². The SMILES string of the molecule is CCOc1ccc(N([C@H](C)C(=O)NCCSc2ccc(Cl)cc2)S(C)(=O)=O)cc1. The second kappa shape index (κ2) is 10.8. The quantitative estimate of drug-likeness (QED) is 0.434. The summed E-state index contributed by atoms with van der Waals surface area (Å²) in [6.45, 7) is 4.37. The predicted molar refractivity (Wildman–Crippen MR) is 120 cm³/mol. The van der Waals surface area contributed by atoms with Crippen LogP contribution < -0.4 is 14.4 Å². The second-order valence-electron chi connectivity index (χ2n) is 6.26. The molecule has 158 valence electrons. The lowest BCUT2D eigenvalue weighted by atomic mass is 10.2. The molecule has 29 heavy (non-hydrogen) atoms. The molecule has 0 saturated heterocycles. The molecule has 2 rings (SSSR count). The highest BCUT2D eigenvalue weighted by atomic mass is 35.5. The third-order valence-corrected chi connectivity index (χ3v) is 6.48. The smallest absolute Gasteiger partial charge is 0.243 e. The number of amides is 1. The number of nitrogens with zero attached hydrogens (tertiary/aromatic N) is 1. The first kappa shape index (κ1) is 23.4. The Morgan fingerprint density at radius 1 is 1.17 bits per heavy atom. The minimum Gasteiger partial charge on any atom is -0.494 e. The van der Waals surface area contributed by atoms with Crippen LogP contribution in [0.2, 0.25) is 5.02 Å². The van der Waals surface area contributed by atoms with Crippen LogP contribution in [0.3, 0.4) is 0 Å². The molecule has 0 aliphatic carbocycles. The lowest BCUT2D eigenvalue weighted by Crippen LogP contribution is -2.48. The van der Waals surface area contributed by atoms with Gasteiger partial charge in [-0.2, -0.15) is 0 Å². The van der Waals surface area contributed by atoms with Gasteiger partial charge in [-0.05, 0) is 62.4 Å². The van der Waals surface area contributed by atoms with Crippen molar-refractivity contribution in [3.63, 3.8) is 0 Å². The zero-order chi connectivity index (χ0) is 21.4. The van der Waals surface area contributed by atoms with Crippen LogP contribution in [0.15, 0.2) is 53.4 Å². The Morgan fingerprint density at radius 2 is 1.79 bits per heavy atom. The Morgan fingerprint density at radius 3 is 2.34 bits per heavy atom. The number of carbonyl (C=O) groups is 1. The van der Waals surface area contributed by atoms with E-state index in [2.05, 4.69) is 5.32 Å². The highest BCUT2D eigenvalue weighted by molar-refractivity contribution is 7.99. The average molecular weight is 457 g/mol. The minimum absolute atomic E-state index is 0.360. The van der Waals surface area contributed by atoms with E-state index in [0.29, 0.717) is 35.4 Å². The van der Waals surface area contributed by atoms with E-state index in [1.165, 1.54) is 0 Å². The predicted octanol–water partition coefficient (Wildman–Crippen LogP) is 3.80. The molecule has 0 bridgehead atoms. The molecule has 1 amide bonds. The van der Waals surface area contributed by atoms with Gasteiger partial charge in [0.1, 0.15) is 11.8 Å². The fourth-order valence-corrected chi connectivity index (χ4v) is 4.76. The van der Waals surface area contributed by atoms with Crippen LogP contribution in [0.4, 0.5) is 5.69 Å². The monoisotopic (exact) mass is 456 g/mol. The van der Waals surface area contributed by atoms with Gasteiger partial charge < -0.3 is 10.1 Å². The van der Waals surface area contributed by atoms with Crippen molar-refractivity contribution in [2.75, 3.05) is 29.5 Å². The zero-order valence-electron chi connectivity index (χ0n) is 16.6. The van der Waals surface area contributed by atoms with Crippen molar-refractivity contribution in [3.05, 3.63) is 53.6 Å². The number of hydrogen-bond donors (Lipinski definition) is 1. The Kier molecular flexibility index (Phi) is 8.67. The van der Waals surface area contributed by atoms with Crippen LogP contribution in [0.1, 0.15) is 13.8 Å². The first-order valence-corrected chi connectivity index (χ1v) is 12.3. The fourth-order valence-electron chi connectivity index (χ4n) is 2.69. The molecule has 0 aliphatic heterocycles. The summed E-state index contributed by atoms with van der Waals surface area (Å²) in [5.41, 5.74) is 0.411. The topological polar surface area (TPSA) is 75.7 Å². The lowest BCUT2D eigenvalue weighted by Gasteiger charge is -2.28. The average Bonchev–Trinajstić information content (AvgIpc) is 2.67. The molecule has 1 N–H and O–H groups in total. The van der Waals surface area contributed by atoms with Gasteiger partial charge in [0.25, 0.3) is 0 Å². The maximum Gasteiger partial charge on any atom is 0.243 e. The molecule has 0 heterocycles. The van der Waals surface area contributed by atoms with Gasteiger partial charge in [-0.15, -0.1) is 11.8 Å². The number of ether oxygens (including phenoxy) is 1. The van der Waals surface area contributed by atoms with Crippen LogP contribution in [0.5, 0.6) is 5.75 Å². The normalized spacial score (nSPS) is 12.3. The van der Waals surface area contributed by atoms with Gasteiger partial charge in [-0.3, -0.25) is 9.10 Å². The molecule has 0 fully saturated rings. The van der Waals surface area contributed by atoms with E-state index in [0.717, 1.165) is 15.5 Å². The van der Waals surface area contributed by atoms with Crippen molar-refractivity contribution in [1.82, 2.24) is 5.32 Å². The van der Waals surface area contributed by atoms with Crippen LogP contribution in [-0.4, -0.2) is 45.5 Å². The van der Waals surface area contributed by atoms with Crippen molar-refractivity contribution >= 4 is 45.0 Å². The van der Waals surface area contributed by atoms with E-state index in [4.69, 9.17) is 16.3 Å². The summed E-state index contributed by atoms with van der Waals surface area (Å²) in [7, 11) is -3.65. The van der Waals surface area contributed by atoms with E-state index in [1.54, 1.807) is 43.0 Å². The molecular formula is C20H25ClN2O4S2. The third kappa shape index (κ3) is 7.13. The summed E-state index contributed by atoms with van der Waals surface area (Å²) in [5.74, 6) is 0.934. The lowest BCUT2D eigenvalue weighted by molar-refractivity contribution is -0.121. The number of rotatable bonds is 10. The molecule has 0 aliphatic rings. The number of hydrogen-bond acceptors (Lipinski definition) is 5. The molecule has 6 nitrogen and oxygen atoms in total. The first-order valence-electron chi connectivity index (χ1n) is 9.10. The van der Waals surface area contributed by atoms with E-state index in [9.17, 15) is 13.2 Å². The van der Waals surface area contributed by atoms with E-state index >= 15 is 0 Å². The highest BCUT2D eigenvalue weighted by Crippen LogP contribution is 2.24. The van der Waals surface area contributed by atoms with Gasteiger partial charge in [-0.1, -0.05) is 11.6 Å². The number of thioether (sulfide) groups is 1. The molecule has 0 radical (unpaired) electrons. The standard InChI is InChI=1S/C20H25ClN2O4S2/c1-4-27-18-9-7-17(8-10-18)23(29(3,25)26)15(2)20(24)22-13-14-28-19-11-5-16(21)6-12-19/h5-12,15H,4,13-14H2,1-3H3,(H,22,24)/t15-/m1/s1. The second-order valence-corrected chi connectivity index (χ2v) is 9.72. The molecule has 9 heteroatoms. The number of sulfonamides is 1. The highest BCUT2D eigenvalue weighted by Gasteiger charge is 2.28. The van der Waals surface area contributed by atoms with Crippen molar-refractivity contribution in [2.24, 2.45) is 0 Å². The summed E-state index contributed by atoms with van der Waals surface area (Å²) < 4.78 is 31.2.